The van der Waals surface area contributed by atoms with Gasteiger partial charge in [-0.3, -0.25) is 0 Å². The summed E-state index contributed by atoms with van der Waals surface area (Å²) in [6.45, 7) is 1.43. The van der Waals surface area contributed by atoms with Gasteiger partial charge < -0.3 is 10.6 Å². The van der Waals surface area contributed by atoms with Crippen LogP contribution >= 0.6 is 0 Å². The Bertz CT molecular complexity index is 759. The van der Waals surface area contributed by atoms with E-state index in [0.29, 0.717) is 29.6 Å². The van der Waals surface area contributed by atoms with Crippen LogP contribution in [-0.4, -0.2) is 66.0 Å². The minimum atomic E-state index is 0.446. The lowest BCUT2D eigenvalue weighted by atomic mass is 10.3. The Morgan fingerprint density at radius 1 is 1.05 bits per heavy atom. The van der Waals surface area contributed by atoms with Gasteiger partial charge in [0.1, 0.15) is 0 Å². The molecule has 0 saturated carbocycles. The Balaban J connectivity index is 2.00. The van der Waals surface area contributed by atoms with Crippen LogP contribution < -0.4 is 5.73 Å². The molecule has 0 aliphatic carbocycles. The van der Waals surface area contributed by atoms with Crippen molar-refractivity contribution in [1.29, 1.82) is 0 Å². The molecule has 1 aromatic carbocycles. The smallest absolute Gasteiger partial charge is 0.226 e. The Kier molecular flexibility index (Phi) is 3.74. The van der Waals surface area contributed by atoms with Gasteiger partial charge in [-0.25, -0.2) is 4.68 Å². The Labute approximate surface area is 126 Å². The summed E-state index contributed by atoms with van der Waals surface area (Å²) in [4.78, 5) is 2.05. The van der Waals surface area contributed by atoms with Gasteiger partial charge >= 0.3 is 0 Å². The molecule has 0 aliphatic heterocycles. The van der Waals surface area contributed by atoms with E-state index in [9.17, 15) is 0 Å². The van der Waals surface area contributed by atoms with E-state index in [-0.39, 0.29) is 0 Å². The normalized spacial score (nSPS) is 11.2. The van der Waals surface area contributed by atoms with Gasteiger partial charge in [-0.1, -0.05) is 12.1 Å². The summed E-state index contributed by atoms with van der Waals surface area (Å²) in [5.74, 6) is 0.941. The molecule has 10 nitrogen and oxygen atoms in total. The molecular formula is C12H16N10. The minimum absolute atomic E-state index is 0.446. The highest BCUT2D eigenvalue weighted by Crippen LogP contribution is 2.20. The molecule has 3 rings (SSSR count). The van der Waals surface area contributed by atoms with Crippen LogP contribution in [0, 0.1) is 0 Å². The molecule has 2 N–H and O–H groups in total. The third kappa shape index (κ3) is 2.63. The lowest BCUT2D eigenvalue weighted by molar-refractivity contribution is 0.371. The lowest BCUT2D eigenvalue weighted by Crippen LogP contribution is -2.20. The van der Waals surface area contributed by atoms with E-state index in [1.165, 1.54) is 4.68 Å². The first-order valence-corrected chi connectivity index (χ1v) is 6.71. The van der Waals surface area contributed by atoms with Crippen molar-refractivity contribution < 1.29 is 0 Å². The summed E-state index contributed by atoms with van der Waals surface area (Å²) in [5.41, 5.74) is 7.25. The van der Waals surface area contributed by atoms with Crippen LogP contribution in [0.25, 0.3) is 17.3 Å². The van der Waals surface area contributed by atoms with Crippen LogP contribution in [0.1, 0.15) is 0 Å². The standard InChI is InChI=1S/C12H16N10/c1-20(2)7-8-21-11(14-16-18-21)12-15-17-19-22(12)10-6-4-3-5-9(10)13/h3-6H,7-8,13H2,1-2H3. The van der Waals surface area contributed by atoms with Crippen molar-refractivity contribution in [2.75, 3.05) is 26.4 Å². The second kappa shape index (κ2) is 5.85. The molecule has 22 heavy (non-hydrogen) atoms. The van der Waals surface area contributed by atoms with Crippen molar-refractivity contribution in [2.45, 2.75) is 6.54 Å². The van der Waals surface area contributed by atoms with Crippen LogP contribution in [0.15, 0.2) is 24.3 Å². The predicted molar refractivity (Wildman–Crippen MR) is 78.9 cm³/mol. The maximum atomic E-state index is 5.99. The van der Waals surface area contributed by atoms with Crippen LogP contribution in [0.2, 0.25) is 0 Å². The number of hydrogen-bond donors (Lipinski definition) is 1. The van der Waals surface area contributed by atoms with Crippen molar-refractivity contribution in [3.63, 3.8) is 0 Å². The number of nitrogens with two attached hydrogens (primary N) is 1. The molecule has 2 aromatic heterocycles. The highest BCUT2D eigenvalue weighted by molar-refractivity contribution is 5.60. The highest BCUT2D eigenvalue weighted by atomic mass is 15.6. The minimum Gasteiger partial charge on any atom is -0.397 e. The predicted octanol–water partition coefficient (Wildman–Crippen LogP) is -0.540. The van der Waals surface area contributed by atoms with E-state index in [1.54, 1.807) is 10.7 Å². The maximum Gasteiger partial charge on any atom is 0.226 e. The van der Waals surface area contributed by atoms with Crippen molar-refractivity contribution in [2.24, 2.45) is 0 Å². The fourth-order valence-electron chi connectivity index (χ4n) is 1.98. The Morgan fingerprint density at radius 3 is 2.55 bits per heavy atom. The molecule has 0 unspecified atom stereocenters. The second-order valence-corrected chi connectivity index (χ2v) is 5.00. The fourth-order valence-corrected chi connectivity index (χ4v) is 1.98. The summed E-state index contributed by atoms with van der Waals surface area (Å²) in [7, 11) is 3.97. The van der Waals surface area contributed by atoms with Crippen LogP contribution in [-0.2, 0) is 6.54 Å². The number of anilines is 1. The Hall–Kier alpha value is -2.88. The number of rotatable bonds is 5. The second-order valence-electron chi connectivity index (χ2n) is 5.00. The van der Waals surface area contributed by atoms with Gasteiger partial charge in [0.05, 0.1) is 17.9 Å². The number of aromatic nitrogens is 8. The van der Waals surface area contributed by atoms with Gasteiger partial charge in [0.2, 0.25) is 11.6 Å². The van der Waals surface area contributed by atoms with Crippen LogP contribution in [0.4, 0.5) is 5.69 Å². The summed E-state index contributed by atoms with van der Waals surface area (Å²) >= 11 is 0. The molecule has 0 bridgehead atoms. The molecule has 0 amide bonds. The Morgan fingerprint density at radius 2 is 1.77 bits per heavy atom. The third-order valence-electron chi connectivity index (χ3n) is 3.13. The SMILES string of the molecule is CN(C)CCn1nnnc1-c1nnnn1-c1ccccc1N. The molecule has 114 valence electrons. The van der Waals surface area contributed by atoms with E-state index in [1.807, 2.05) is 37.2 Å². The molecule has 0 fully saturated rings. The third-order valence-corrected chi connectivity index (χ3v) is 3.13. The number of para-hydroxylation sites is 2. The van der Waals surface area contributed by atoms with E-state index in [2.05, 4.69) is 31.1 Å². The molecule has 0 atom stereocenters. The first kappa shape index (κ1) is 14.1. The summed E-state index contributed by atoms with van der Waals surface area (Å²) in [5, 5.41) is 23.5. The van der Waals surface area contributed by atoms with Crippen molar-refractivity contribution in [3.05, 3.63) is 24.3 Å². The topological polar surface area (TPSA) is 116 Å². The van der Waals surface area contributed by atoms with Crippen LogP contribution in [0.3, 0.4) is 0 Å². The zero-order valence-corrected chi connectivity index (χ0v) is 12.3. The van der Waals surface area contributed by atoms with Gasteiger partial charge in [0.15, 0.2) is 0 Å². The van der Waals surface area contributed by atoms with E-state index in [0.717, 1.165) is 6.54 Å². The monoisotopic (exact) mass is 300 g/mol. The first-order chi connectivity index (χ1) is 10.7. The van der Waals surface area contributed by atoms with Gasteiger partial charge in [0.25, 0.3) is 0 Å². The molecule has 0 aliphatic rings. The molecule has 10 heteroatoms. The zero-order valence-electron chi connectivity index (χ0n) is 12.3. The van der Waals surface area contributed by atoms with Crippen molar-refractivity contribution in [3.8, 4) is 17.3 Å². The largest absolute Gasteiger partial charge is 0.397 e. The number of tetrazole rings is 2. The summed E-state index contributed by atoms with van der Waals surface area (Å²) < 4.78 is 3.20. The first-order valence-electron chi connectivity index (χ1n) is 6.71. The number of nitrogen functional groups attached to an aromatic ring is 1. The summed E-state index contributed by atoms with van der Waals surface area (Å²) in [6.07, 6.45) is 0. The lowest BCUT2D eigenvalue weighted by Gasteiger charge is -2.10. The average molecular weight is 300 g/mol. The number of hydrogen-bond acceptors (Lipinski definition) is 8. The molecule has 0 saturated heterocycles. The number of likely N-dealkylation sites (N-methyl/N-ethyl adjacent to an activating group) is 1. The number of nitrogens with zero attached hydrogens (tertiary/aromatic N) is 9. The van der Waals surface area contributed by atoms with E-state index in [4.69, 9.17) is 5.73 Å². The van der Waals surface area contributed by atoms with E-state index >= 15 is 0 Å². The zero-order chi connectivity index (χ0) is 15.5. The molecule has 3 aromatic rings. The van der Waals surface area contributed by atoms with Crippen LogP contribution in [0.5, 0.6) is 0 Å². The van der Waals surface area contributed by atoms with Gasteiger partial charge in [-0.05, 0) is 47.1 Å². The number of benzene rings is 1. The highest BCUT2D eigenvalue weighted by Gasteiger charge is 2.19. The summed E-state index contributed by atoms with van der Waals surface area (Å²) in [6, 6.07) is 7.34. The van der Waals surface area contributed by atoms with E-state index < -0.39 is 0 Å². The average Bonchev–Trinajstić information content (AvgIpc) is 3.14. The van der Waals surface area contributed by atoms with Gasteiger partial charge in [0, 0.05) is 6.54 Å². The van der Waals surface area contributed by atoms with Gasteiger partial charge in [-0.15, -0.1) is 10.2 Å². The van der Waals surface area contributed by atoms with Crippen molar-refractivity contribution >= 4 is 5.69 Å². The van der Waals surface area contributed by atoms with Crippen molar-refractivity contribution in [1.82, 2.24) is 45.3 Å². The van der Waals surface area contributed by atoms with Gasteiger partial charge in [-0.2, -0.15) is 4.68 Å². The quantitative estimate of drug-likeness (QED) is 0.624. The molecule has 0 spiro atoms. The molecule has 2 heterocycles. The fraction of sp³-hybridized carbons (Fsp3) is 0.333. The maximum absolute atomic E-state index is 5.99. The molecule has 0 radical (unpaired) electrons. The molecular weight excluding hydrogens is 284 g/mol.